The van der Waals surface area contributed by atoms with Gasteiger partial charge in [-0.2, -0.15) is 14.6 Å². The van der Waals surface area contributed by atoms with Crippen LogP contribution < -0.4 is 5.32 Å². The average molecular weight is 257 g/mol. The molecule has 2 aliphatic rings. The lowest BCUT2D eigenvalue weighted by Crippen LogP contribution is -2.20. The van der Waals surface area contributed by atoms with Gasteiger partial charge in [0.1, 0.15) is 12.1 Å². The van der Waals surface area contributed by atoms with Crippen LogP contribution in [-0.2, 0) is 0 Å². The Morgan fingerprint density at radius 1 is 1.32 bits per heavy atom. The van der Waals surface area contributed by atoms with E-state index in [-0.39, 0.29) is 0 Å². The molecule has 0 spiro atoms. The van der Waals surface area contributed by atoms with Crippen LogP contribution in [0.25, 0.3) is 5.78 Å². The second-order valence-corrected chi connectivity index (χ2v) is 5.97. The third-order valence-electron chi connectivity index (χ3n) is 4.35. The third-order valence-corrected chi connectivity index (χ3v) is 4.35. The number of nitrogens with one attached hydrogen (secondary N) is 1. The van der Waals surface area contributed by atoms with E-state index in [0.717, 1.165) is 35.8 Å². The van der Waals surface area contributed by atoms with Crippen molar-refractivity contribution in [2.75, 3.05) is 11.9 Å². The second-order valence-electron chi connectivity index (χ2n) is 5.97. The van der Waals surface area contributed by atoms with E-state index in [0.29, 0.717) is 5.78 Å². The van der Waals surface area contributed by atoms with Gasteiger partial charge in [-0.1, -0.05) is 0 Å². The summed E-state index contributed by atoms with van der Waals surface area (Å²) in [5.41, 5.74) is 0.984. The molecule has 0 amide bonds. The molecule has 0 aromatic carbocycles. The summed E-state index contributed by atoms with van der Waals surface area (Å²) in [6, 6.07) is 2.05. The SMILES string of the molecule is Cc1cc(NCC(C2CC2)C2CC2)n2ncnc2n1. The quantitative estimate of drug-likeness (QED) is 0.892. The molecule has 0 radical (unpaired) electrons. The van der Waals surface area contributed by atoms with E-state index in [1.54, 1.807) is 10.8 Å². The maximum atomic E-state index is 4.37. The van der Waals surface area contributed by atoms with Crippen molar-refractivity contribution in [3.8, 4) is 0 Å². The molecule has 0 unspecified atom stereocenters. The Kier molecular flexibility index (Phi) is 2.47. The van der Waals surface area contributed by atoms with Crippen LogP contribution in [0.4, 0.5) is 5.82 Å². The van der Waals surface area contributed by atoms with E-state index < -0.39 is 0 Å². The summed E-state index contributed by atoms with van der Waals surface area (Å²) in [5.74, 6) is 4.48. The minimum Gasteiger partial charge on any atom is -0.370 e. The summed E-state index contributed by atoms with van der Waals surface area (Å²) in [6.07, 6.45) is 7.27. The first-order valence-electron chi connectivity index (χ1n) is 7.22. The first-order chi connectivity index (χ1) is 9.31. The topological polar surface area (TPSA) is 55.1 Å². The Labute approximate surface area is 112 Å². The lowest BCUT2D eigenvalue weighted by Gasteiger charge is -2.17. The van der Waals surface area contributed by atoms with Crippen molar-refractivity contribution in [2.45, 2.75) is 32.6 Å². The van der Waals surface area contributed by atoms with Crippen LogP contribution in [0.15, 0.2) is 12.4 Å². The largest absolute Gasteiger partial charge is 0.370 e. The summed E-state index contributed by atoms with van der Waals surface area (Å²) in [7, 11) is 0. The van der Waals surface area contributed by atoms with Gasteiger partial charge < -0.3 is 5.32 Å². The molecule has 2 fully saturated rings. The van der Waals surface area contributed by atoms with Crippen LogP contribution in [0.2, 0.25) is 0 Å². The molecule has 5 nitrogen and oxygen atoms in total. The molecule has 1 N–H and O–H groups in total. The zero-order valence-electron chi connectivity index (χ0n) is 11.2. The molecule has 2 saturated carbocycles. The van der Waals surface area contributed by atoms with Gasteiger partial charge in [-0.05, 0) is 50.4 Å². The molecule has 0 saturated heterocycles. The van der Waals surface area contributed by atoms with Crippen molar-refractivity contribution in [3.63, 3.8) is 0 Å². The van der Waals surface area contributed by atoms with Crippen LogP contribution in [-0.4, -0.2) is 26.1 Å². The van der Waals surface area contributed by atoms with E-state index in [4.69, 9.17) is 0 Å². The summed E-state index contributed by atoms with van der Waals surface area (Å²) < 4.78 is 1.80. The predicted octanol–water partition coefficient (Wildman–Crippen LogP) is 2.28. The molecule has 0 aliphatic heterocycles. The minimum atomic E-state index is 0.678. The van der Waals surface area contributed by atoms with Crippen molar-refractivity contribution < 1.29 is 0 Å². The minimum absolute atomic E-state index is 0.678. The highest BCUT2D eigenvalue weighted by Gasteiger charge is 2.41. The Morgan fingerprint density at radius 3 is 2.74 bits per heavy atom. The van der Waals surface area contributed by atoms with Crippen LogP contribution in [0.5, 0.6) is 0 Å². The van der Waals surface area contributed by atoms with Crippen molar-refractivity contribution >= 4 is 11.6 Å². The standard InChI is InChI=1S/C14H19N5/c1-9-6-13(19-14(18-9)16-8-17-19)15-7-12(10-2-3-10)11-4-5-11/h6,8,10-12,15H,2-5,7H2,1H3. The summed E-state index contributed by atoms with van der Waals surface area (Å²) in [6.45, 7) is 3.06. The summed E-state index contributed by atoms with van der Waals surface area (Å²) in [5, 5.41) is 7.82. The van der Waals surface area contributed by atoms with Gasteiger partial charge in [0.15, 0.2) is 0 Å². The number of anilines is 1. The normalized spacial score (nSPS) is 19.3. The monoisotopic (exact) mass is 257 g/mol. The zero-order valence-corrected chi connectivity index (χ0v) is 11.2. The van der Waals surface area contributed by atoms with Gasteiger partial charge in [0.05, 0.1) is 0 Å². The Morgan fingerprint density at radius 2 is 2.05 bits per heavy atom. The highest BCUT2D eigenvalue weighted by molar-refractivity contribution is 5.44. The van der Waals surface area contributed by atoms with E-state index in [1.807, 2.05) is 6.92 Å². The third kappa shape index (κ3) is 2.17. The second kappa shape index (κ2) is 4.18. The molecule has 4 rings (SSSR count). The van der Waals surface area contributed by atoms with E-state index >= 15 is 0 Å². The molecule has 2 aliphatic carbocycles. The first kappa shape index (κ1) is 11.2. The molecular weight excluding hydrogens is 238 g/mol. The summed E-state index contributed by atoms with van der Waals surface area (Å²) >= 11 is 0. The number of hydrogen-bond donors (Lipinski definition) is 1. The molecular formula is C14H19N5. The van der Waals surface area contributed by atoms with Gasteiger partial charge in [0.2, 0.25) is 0 Å². The highest BCUT2D eigenvalue weighted by atomic mass is 15.3. The van der Waals surface area contributed by atoms with E-state index in [2.05, 4.69) is 26.4 Å². The molecule has 5 heteroatoms. The van der Waals surface area contributed by atoms with Crippen molar-refractivity contribution in [3.05, 3.63) is 18.1 Å². The van der Waals surface area contributed by atoms with Crippen molar-refractivity contribution in [1.29, 1.82) is 0 Å². The average Bonchev–Trinajstić information content (AvgIpc) is 3.30. The van der Waals surface area contributed by atoms with Gasteiger partial charge >= 0.3 is 0 Å². The van der Waals surface area contributed by atoms with Crippen molar-refractivity contribution in [2.24, 2.45) is 17.8 Å². The molecule has 19 heavy (non-hydrogen) atoms. The first-order valence-corrected chi connectivity index (χ1v) is 7.22. The highest BCUT2D eigenvalue weighted by Crippen LogP contribution is 2.49. The fourth-order valence-electron chi connectivity index (χ4n) is 3.05. The fraction of sp³-hybridized carbons (Fsp3) is 0.643. The van der Waals surface area contributed by atoms with Crippen LogP contribution in [0, 0.1) is 24.7 Å². The summed E-state index contributed by atoms with van der Waals surface area (Å²) in [4.78, 5) is 8.53. The number of aryl methyl sites for hydroxylation is 1. The maximum Gasteiger partial charge on any atom is 0.254 e. The number of hydrogen-bond acceptors (Lipinski definition) is 4. The van der Waals surface area contributed by atoms with Gasteiger partial charge in [0, 0.05) is 18.3 Å². The molecule has 0 atom stereocenters. The molecule has 2 aromatic heterocycles. The van der Waals surface area contributed by atoms with Gasteiger partial charge in [0.25, 0.3) is 5.78 Å². The number of rotatable bonds is 5. The van der Waals surface area contributed by atoms with Crippen LogP contribution in [0.1, 0.15) is 31.4 Å². The smallest absolute Gasteiger partial charge is 0.254 e. The van der Waals surface area contributed by atoms with Gasteiger partial charge in [-0.3, -0.25) is 0 Å². The zero-order chi connectivity index (χ0) is 12.8. The van der Waals surface area contributed by atoms with Crippen LogP contribution in [0.3, 0.4) is 0 Å². The predicted molar refractivity (Wildman–Crippen MR) is 72.9 cm³/mol. The Bertz CT molecular complexity index is 585. The lowest BCUT2D eigenvalue weighted by atomic mass is 9.98. The van der Waals surface area contributed by atoms with E-state index in [9.17, 15) is 0 Å². The lowest BCUT2D eigenvalue weighted by molar-refractivity contribution is 0.427. The number of nitrogens with zero attached hydrogens (tertiary/aromatic N) is 4. The fourth-order valence-corrected chi connectivity index (χ4v) is 3.05. The molecule has 2 aromatic rings. The molecule has 2 heterocycles. The van der Waals surface area contributed by atoms with Gasteiger partial charge in [-0.15, -0.1) is 0 Å². The van der Waals surface area contributed by atoms with Crippen molar-refractivity contribution in [1.82, 2.24) is 19.6 Å². The Hall–Kier alpha value is -1.65. The number of aromatic nitrogens is 4. The Balaban J connectivity index is 1.55. The number of fused-ring (bicyclic) bond motifs is 1. The molecule has 100 valence electrons. The van der Waals surface area contributed by atoms with E-state index in [1.165, 1.54) is 25.7 Å². The maximum absolute atomic E-state index is 4.37. The van der Waals surface area contributed by atoms with Crippen LogP contribution >= 0.6 is 0 Å². The molecule has 0 bridgehead atoms. The van der Waals surface area contributed by atoms with Gasteiger partial charge in [-0.25, -0.2) is 4.98 Å².